The van der Waals surface area contributed by atoms with Gasteiger partial charge in [-0.2, -0.15) is 0 Å². The van der Waals surface area contributed by atoms with Crippen LogP contribution in [0.4, 0.5) is 0 Å². The molecule has 4 nitrogen and oxygen atoms in total. The Morgan fingerprint density at radius 2 is 1.95 bits per heavy atom. The zero-order chi connectivity index (χ0) is 14.1. The van der Waals surface area contributed by atoms with E-state index in [-0.39, 0.29) is 0 Å². The number of aryl methyl sites for hydroxylation is 1. The van der Waals surface area contributed by atoms with Gasteiger partial charge >= 0.3 is 5.97 Å². The Morgan fingerprint density at radius 1 is 1.26 bits per heavy atom. The molecule has 0 aliphatic carbocycles. The molecule has 1 N–H and O–H groups in total. The van der Waals surface area contributed by atoms with Gasteiger partial charge < -0.3 is 14.6 Å². The molecule has 0 heterocycles. The molecule has 0 aliphatic heterocycles. The summed E-state index contributed by atoms with van der Waals surface area (Å²) in [7, 11) is 2.77. The van der Waals surface area contributed by atoms with Crippen molar-refractivity contribution in [2.45, 2.75) is 25.4 Å². The first-order valence-corrected chi connectivity index (χ1v) is 6.20. The lowest BCUT2D eigenvalue weighted by molar-refractivity contribution is -0.135. The van der Waals surface area contributed by atoms with Crippen LogP contribution in [0, 0.1) is 0 Å². The van der Waals surface area contributed by atoms with Crippen LogP contribution >= 0.6 is 0 Å². The summed E-state index contributed by atoms with van der Waals surface area (Å²) in [5.41, 5.74) is 1.18. The maximum atomic E-state index is 11.1. The number of ether oxygens (including phenoxy) is 2. The van der Waals surface area contributed by atoms with Crippen molar-refractivity contribution < 1.29 is 19.4 Å². The zero-order valence-corrected chi connectivity index (χ0v) is 11.3. The SMILES string of the molecule is COC(=O)/C=C(\CC(O)CCc1ccccc1)OC. The minimum Gasteiger partial charge on any atom is -0.501 e. The molecule has 4 heteroatoms. The number of carbonyl (C=O) groups is 1. The first kappa shape index (κ1) is 15.2. The Kier molecular flexibility index (Phi) is 6.68. The number of carbonyl (C=O) groups excluding carboxylic acids is 1. The second-order valence-electron chi connectivity index (χ2n) is 4.22. The maximum Gasteiger partial charge on any atom is 0.333 e. The third-order valence-corrected chi connectivity index (χ3v) is 2.79. The smallest absolute Gasteiger partial charge is 0.333 e. The van der Waals surface area contributed by atoms with E-state index < -0.39 is 12.1 Å². The van der Waals surface area contributed by atoms with E-state index in [1.165, 1.54) is 25.9 Å². The Bertz CT molecular complexity index is 411. The van der Waals surface area contributed by atoms with Gasteiger partial charge in [0.25, 0.3) is 0 Å². The van der Waals surface area contributed by atoms with Crippen LogP contribution in [0.2, 0.25) is 0 Å². The fraction of sp³-hybridized carbons (Fsp3) is 0.400. The number of esters is 1. The Balaban J connectivity index is 2.43. The summed E-state index contributed by atoms with van der Waals surface area (Å²) in [5.74, 6) is -0.0560. The second-order valence-corrected chi connectivity index (χ2v) is 4.22. The summed E-state index contributed by atoms with van der Waals surface area (Å²) in [6.07, 6.45) is 2.42. The minimum absolute atomic E-state index is 0.304. The van der Waals surface area contributed by atoms with Gasteiger partial charge in [-0.25, -0.2) is 4.79 Å². The fourth-order valence-electron chi connectivity index (χ4n) is 1.70. The third-order valence-electron chi connectivity index (χ3n) is 2.79. The molecule has 0 saturated heterocycles. The van der Waals surface area contributed by atoms with Gasteiger partial charge in [-0.15, -0.1) is 0 Å². The van der Waals surface area contributed by atoms with Crippen molar-refractivity contribution in [1.82, 2.24) is 0 Å². The summed E-state index contributed by atoms with van der Waals surface area (Å²) in [6, 6.07) is 9.95. The summed E-state index contributed by atoms with van der Waals surface area (Å²) in [6.45, 7) is 0. The average molecular weight is 264 g/mol. The second kappa shape index (κ2) is 8.32. The van der Waals surface area contributed by atoms with Crippen molar-refractivity contribution in [3.8, 4) is 0 Å². The molecule has 0 fully saturated rings. The highest BCUT2D eigenvalue weighted by Crippen LogP contribution is 2.12. The number of benzene rings is 1. The van der Waals surface area contributed by atoms with Crippen molar-refractivity contribution in [2.24, 2.45) is 0 Å². The van der Waals surface area contributed by atoms with Crippen molar-refractivity contribution in [3.63, 3.8) is 0 Å². The normalized spacial score (nSPS) is 12.9. The highest BCUT2D eigenvalue weighted by atomic mass is 16.5. The van der Waals surface area contributed by atoms with Gasteiger partial charge in [-0.1, -0.05) is 30.3 Å². The number of aliphatic hydroxyl groups is 1. The highest BCUT2D eigenvalue weighted by molar-refractivity contribution is 5.82. The van der Waals surface area contributed by atoms with Crippen LogP contribution in [0.3, 0.4) is 0 Å². The molecule has 0 bridgehead atoms. The molecule has 0 spiro atoms. The van der Waals surface area contributed by atoms with Gasteiger partial charge in [0.2, 0.25) is 0 Å². The van der Waals surface area contributed by atoms with E-state index in [1.54, 1.807) is 0 Å². The fourth-order valence-corrected chi connectivity index (χ4v) is 1.70. The number of hydrogen-bond acceptors (Lipinski definition) is 4. The molecule has 1 aromatic rings. The lowest BCUT2D eigenvalue weighted by Crippen LogP contribution is -2.11. The number of aliphatic hydroxyl groups excluding tert-OH is 1. The molecular formula is C15H20O4. The topological polar surface area (TPSA) is 55.8 Å². The van der Waals surface area contributed by atoms with E-state index in [2.05, 4.69) is 4.74 Å². The van der Waals surface area contributed by atoms with E-state index >= 15 is 0 Å². The Morgan fingerprint density at radius 3 is 2.53 bits per heavy atom. The molecule has 0 radical (unpaired) electrons. The number of rotatable bonds is 7. The molecule has 0 aromatic heterocycles. The van der Waals surface area contributed by atoms with Gasteiger partial charge in [-0.05, 0) is 18.4 Å². The third kappa shape index (κ3) is 6.06. The van der Waals surface area contributed by atoms with E-state index in [0.29, 0.717) is 18.6 Å². The van der Waals surface area contributed by atoms with Crippen LogP contribution in [0.25, 0.3) is 0 Å². The number of methoxy groups -OCH3 is 2. The first-order valence-electron chi connectivity index (χ1n) is 6.20. The van der Waals surface area contributed by atoms with Crippen LogP contribution in [-0.4, -0.2) is 31.4 Å². The standard InChI is InChI=1S/C15H20O4/c1-18-14(11-15(17)19-2)10-13(16)9-8-12-6-4-3-5-7-12/h3-7,11,13,16H,8-10H2,1-2H3/b14-11+. The van der Waals surface area contributed by atoms with E-state index in [9.17, 15) is 9.90 Å². The average Bonchev–Trinajstić information content (AvgIpc) is 2.45. The molecule has 19 heavy (non-hydrogen) atoms. The lowest BCUT2D eigenvalue weighted by atomic mass is 10.0. The van der Waals surface area contributed by atoms with Crippen molar-refractivity contribution in [1.29, 1.82) is 0 Å². The molecule has 1 aromatic carbocycles. The van der Waals surface area contributed by atoms with Gasteiger partial charge in [0.05, 0.1) is 26.4 Å². The monoisotopic (exact) mass is 264 g/mol. The van der Waals surface area contributed by atoms with E-state index in [0.717, 1.165) is 6.42 Å². The van der Waals surface area contributed by atoms with Gasteiger partial charge in [0, 0.05) is 6.42 Å². The van der Waals surface area contributed by atoms with Gasteiger partial charge in [0.15, 0.2) is 0 Å². The minimum atomic E-state index is -0.545. The molecule has 1 atom stereocenters. The molecule has 1 rings (SSSR count). The molecular weight excluding hydrogens is 244 g/mol. The van der Waals surface area contributed by atoms with Gasteiger partial charge in [-0.3, -0.25) is 0 Å². The summed E-state index contributed by atoms with van der Waals surface area (Å²) < 4.78 is 9.56. The van der Waals surface area contributed by atoms with Crippen molar-refractivity contribution >= 4 is 5.97 Å². The largest absolute Gasteiger partial charge is 0.501 e. The predicted molar refractivity (Wildman–Crippen MR) is 72.5 cm³/mol. The molecule has 1 unspecified atom stereocenters. The summed E-state index contributed by atoms with van der Waals surface area (Å²) in [5, 5.41) is 9.92. The van der Waals surface area contributed by atoms with Crippen LogP contribution in [-0.2, 0) is 20.7 Å². The van der Waals surface area contributed by atoms with Crippen LogP contribution in [0.5, 0.6) is 0 Å². The van der Waals surface area contributed by atoms with Gasteiger partial charge in [0.1, 0.15) is 5.76 Å². The lowest BCUT2D eigenvalue weighted by Gasteiger charge is -2.12. The van der Waals surface area contributed by atoms with Crippen LogP contribution < -0.4 is 0 Å². The molecule has 0 saturated carbocycles. The van der Waals surface area contributed by atoms with Crippen molar-refractivity contribution in [3.05, 3.63) is 47.7 Å². The highest BCUT2D eigenvalue weighted by Gasteiger charge is 2.10. The molecule has 0 amide bonds. The van der Waals surface area contributed by atoms with Crippen LogP contribution in [0.1, 0.15) is 18.4 Å². The Hall–Kier alpha value is -1.81. The maximum absolute atomic E-state index is 11.1. The molecule has 104 valence electrons. The van der Waals surface area contributed by atoms with E-state index in [1.807, 2.05) is 30.3 Å². The van der Waals surface area contributed by atoms with Crippen LogP contribution in [0.15, 0.2) is 42.2 Å². The molecule has 0 aliphatic rings. The predicted octanol–water partition coefficient (Wildman–Crippen LogP) is 2.07. The Labute approximate surface area is 113 Å². The summed E-state index contributed by atoms with van der Waals surface area (Å²) >= 11 is 0. The van der Waals surface area contributed by atoms with E-state index in [4.69, 9.17) is 4.74 Å². The van der Waals surface area contributed by atoms with Crippen molar-refractivity contribution in [2.75, 3.05) is 14.2 Å². The quantitative estimate of drug-likeness (QED) is 0.465. The number of hydrogen-bond donors (Lipinski definition) is 1. The summed E-state index contributed by atoms with van der Waals surface area (Å²) in [4.78, 5) is 11.1. The first-order chi connectivity index (χ1) is 9.15. The zero-order valence-electron chi connectivity index (χ0n) is 11.3.